The van der Waals surface area contributed by atoms with Crippen LogP contribution in [0.15, 0.2) is 16.5 Å². The molecule has 0 spiro atoms. The Morgan fingerprint density at radius 3 is 3.06 bits per heavy atom. The first kappa shape index (κ1) is 12.1. The molecule has 1 N–H and O–H groups in total. The maximum Gasteiger partial charge on any atom is 0.371 e. The molecule has 1 saturated heterocycles. The van der Waals surface area contributed by atoms with E-state index in [1.165, 1.54) is 6.07 Å². The smallest absolute Gasteiger partial charge is 0.371 e. The van der Waals surface area contributed by atoms with Crippen LogP contribution < -0.4 is 0 Å². The van der Waals surface area contributed by atoms with E-state index in [-0.39, 0.29) is 5.76 Å². The van der Waals surface area contributed by atoms with Crippen molar-refractivity contribution in [1.29, 1.82) is 0 Å². The van der Waals surface area contributed by atoms with Gasteiger partial charge in [0.25, 0.3) is 0 Å². The van der Waals surface area contributed by atoms with Gasteiger partial charge in [-0.1, -0.05) is 6.92 Å². The van der Waals surface area contributed by atoms with Gasteiger partial charge in [-0.2, -0.15) is 0 Å². The van der Waals surface area contributed by atoms with Crippen LogP contribution in [0.3, 0.4) is 0 Å². The van der Waals surface area contributed by atoms with Crippen molar-refractivity contribution in [1.82, 2.24) is 4.90 Å². The lowest BCUT2D eigenvalue weighted by Gasteiger charge is -2.34. The van der Waals surface area contributed by atoms with Crippen LogP contribution in [-0.2, 0) is 11.3 Å². The lowest BCUT2D eigenvalue weighted by molar-refractivity contribution is -0.0155. The molecule has 0 radical (unpaired) electrons. The van der Waals surface area contributed by atoms with E-state index >= 15 is 0 Å². The molecule has 1 unspecified atom stereocenters. The van der Waals surface area contributed by atoms with Crippen molar-refractivity contribution in [2.24, 2.45) is 0 Å². The van der Waals surface area contributed by atoms with E-state index in [9.17, 15) is 4.79 Å². The number of carboxylic acid groups (broad SMARTS) is 1. The maximum atomic E-state index is 10.7. The summed E-state index contributed by atoms with van der Waals surface area (Å²) >= 11 is 0. The highest BCUT2D eigenvalue weighted by atomic mass is 16.5. The number of nitrogens with zero attached hydrogens (tertiary/aromatic N) is 1. The van der Waals surface area contributed by atoms with Crippen molar-refractivity contribution in [2.75, 3.05) is 19.8 Å². The molecule has 94 valence electrons. The third-order valence-electron chi connectivity index (χ3n) is 3.05. The Kier molecular flexibility index (Phi) is 3.81. The van der Waals surface area contributed by atoms with Crippen molar-refractivity contribution in [3.05, 3.63) is 23.7 Å². The standard InChI is InChI=1S/C12H17NO4/c1-2-9-8-16-6-5-13(9)7-10-3-4-11(17-10)12(14)15/h3-4,9H,2,5-8H2,1H3,(H,14,15). The highest BCUT2D eigenvalue weighted by Gasteiger charge is 2.22. The van der Waals surface area contributed by atoms with Crippen LogP contribution in [0, 0.1) is 0 Å². The Labute approximate surface area is 100.0 Å². The first-order valence-electron chi connectivity index (χ1n) is 5.84. The lowest BCUT2D eigenvalue weighted by atomic mass is 10.1. The fourth-order valence-corrected chi connectivity index (χ4v) is 2.05. The van der Waals surface area contributed by atoms with Crippen molar-refractivity contribution < 1.29 is 19.1 Å². The number of hydrogen-bond acceptors (Lipinski definition) is 4. The van der Waals surface area contributed by atoms with Crippen LogP contribution in [0.25, 0.3) is 0 Å². The average molecular weight is 239 g/mol. The van der Waals surface area contributed by atoms with Gasteiger partial charge in [-0.05, 0) is 18.6 Å². The number of carbonyl (C=O) groups is 1. The molecular formula is C12H17NO4. The van der Waals surface area contributed by atoms with Gasteiger partial charge in [0.05, 0.1) is 19.8 Å². The Morgan fingerprint density at radius 1 is 1.59 bits per heavy atom. The topological polar surface area (TPSA) is 62.9 Å². The zero-order valence-electron chi connectivity index (χ0n) is 9.89. The van der Waals surface area contributed by atoms with Gasteiger partial charge in [0.15, 0.2) is 0 Å². The Bertz CT molecular complexity index is 388. The molecule has 17 heavy (non-hydrogen) atoms. The molecule has 1 atom stereocenters. The zero-order chi connectivity index (χ0) is 12.3. The third-order valence-corrected chi connectivity index (χ3v) is 3.05. The van der Waals surface area contributed by atoms with E-state index in [2.05, 4.69) is 11.8 Å². The van der Waals surface area contributed by atoms with Crippen molar-refractivity contribution in [3.63, 3.8) is 0 Å². The number of carboxylic acids is 1. The normalized spacial score (nSPS) is 21.6. The summed E-state index contributed by atoms with van der Waals surface area (Å²) in [6.45, 7) is 5.10. The molecule has 0 amide bonds. The van der Waals surface area contributed by atoms with Gasteiger partial charge in [-0.3, -0.25) is 4.90 Å². The largest absolute Gasteiger partial charge is 0.475 e. The molecule has 1 aromatic rings. The molecule has 2 rings (SSSR count). The fourth-order valence-electron chi connectivity index (χ4n) is 2.05. The molecule has 0 bridgehead atoms. The summed E-state index contributed by atoms with van der Waals surface area (Å²) in [4.78, 5) is 13.0. The third kappa shape index (κ3) is 2.87. The van der Waals surface area contributed by atoms with Crippen molar-refractivity contribution in [2.45, 2.75) is 25.9 Å². The lowest BCUT2D eigenvalue weighted by Crippen LogP contribution is -2.44. The number of aromatic carboxylic acids is 1. The number of ether oxygens (including phenoxy) is 1. The quantitative estimate of drug-likeness (QED) is 0.864. The fraction of sp³-hybridized carbons (Fsp3) is 0.583. The van der Waals surface area contributed by atoms with E-state index in [0.29, 0.717) is 18.3 Å². The van der Waals surface area contributed by atoms with Crippen LogP contribution in [0.1, 0.15) is 29.7 Å². The van der Waals surface area contributed by atoms with Gasteiger partial charge in [-0.25, -0.2) is 4.79 Å². The van der Waals surface area contributed by atoms with E-state index in [0.717, 1.165) is 26.2 Å². The van der Waals surface area contributed by atoms with Gasteiger partial charge in [0, 0.05) is 12.6 Å². The maximum absolute atomic E-state index is 10.7. The minimum Gasteiger partial charge on any atom is -0.475 e. The predicted octanol–water partition coefficient (Wildman–Crippen LogP) is 1.59. The van der Waals surface area contributed by atoms with Gasteiger partial charge < -0.3 is 14.3 Å². The second kappa shape index (κ2) is 5.33. The second-order valence-electron chi connectivity index (χ2n) is 4.18. The van der Waals surface area contributed by atoms with Crippen LogP contribution >= 0.6 is 0 Å². The molecule has 1 aliphatic heterocycles. The minimum atomic E-state index is -1.02. The van der Waals surface area contributed by atoms with Gasteiger partial charge >= 0.3 is 5.97 Å². The molecule has 1 aromatic heterocycles. The number of hydrogen-bond donors (Lipinski definition) is 1. The van der Waals surface area contributed by atoms with Crippen LogP contribution in [0.5, 0.6) is 0 Å². The highest BCUT2D eigenvalue weighted by molar-refractivity contribution is 5.84. The predicted molar refractivity (Wildman–Crippen MR) is 61.0 cm³/mol. The average Bonchev–Trinajstić information content (AvgIpc) is 2.78. The van der Waals surface area contributed by atoms with Crippen molar-refractivity contribution >= 4 is 5.97 Å². The molecular weight excluding hydrogens is 222 g/mol. The number of rotatable bonds is 4. The summed E-state index contributed by atoms with van der Waals surface area (Å²) < 4.78 is 10.7. The molecule has 1 fully saturated rings. The second-order valence-corrected chi connectivity index (χ2v) is 4.18. The summed E-state index contributed by atoms with van der Waals surface area (Å²) in [6, 6.07) is 3.62. The molecule has 0 saturated carbocycles. The van der Waals surface area contributed by atoms with Gasteiger partial charge in [-0.15, -0.1) is 0 Å². The molecule has 1 aliphatic rings. The van der Waals surface area contributed by atoms with E-state index in [4.69, 9.17) is 14.3 Å². The van der Waals surface area contributed by atoms with Crippen LogP contribution in [0.2, 0.25) is 0 Å². The summed E-state index contributed by atoms with van der Waals surface area (Å²) in [5.74, 6) is -0.325. The molecule has 2 heterocycles. The Morgan fingerprint density at radius 2 is 2.41 bits per heavy atom. The Balaban J connectivity index is 2.00. The molecule has 5 nitrogen and oxygen atoms in total. The Hall–Kier alpha value is -1.33. The van der Waals surface area contributed by atoms with Gasteiger partial charge in [0.2, 0.25) is 5.76 Å². The van der Waals surface area contributed by atoms with Crippen LogP contribution in [0.4, 0.5) is 0 Å². The zero-order valence-corrected chi connectivity index (χ0v) is 9.89. The molecule has 0 aliphatic carbocycles. The minimum absolute atomic E-state index is 0.00121. The number of morpholine rings is 1. The van der Waals surface area contributed by atoms with E-state index in [1.54, 1.807) is 6.07 Å². The van der Waals surface area contributed by atoms with Crippen molar-refractivity contribution in [3.8, 4) is 0 Å². The summed E-state index contributed by atoms with van der Waals surface area (Å²) in [5.41, 5.74) is 0. The summed E-state index contributed by atoms with van der Waals surface area (Å²) in [5, 5.41) is 8.77. The van der Waals surface area contributed by atoms with Crippen LogP contribution in [-0.4, -0.2) is 41.8 Å². The monoisotopic (exact) mass is 239 g/mol. The number of furan rings is 1. The van der Waals surface area contributed by atoms with E-state index < -0.39 is 5.97 Å². The SMILES string of the molecule is CCC1COCCN1Cc1ccc(C(=O)O)o1. The van der Waals surface area contributed by atoms with Gasteiger partial charge in [0.1, 0.15) is 5.76 Å². The summed E-state index contributed by atoms with van der Waals surface area (Å²) in [6.07, 6.45) is 1.02. The molecule has 0 aromatic carbocycles. The molecule has 5 heteroatoms. The van der Waals surface area contributed by atoms with E-state index in [1.807, 2.05) is 0 Å². The summed E-state index contributed by atoms with van der Waals surface area (Å²) in [7, 11) is 0. The first-order valence-corrected chi connectivity index (χ1v) is 5.84. The first-order chi connectivity index (χ1) is 8.20. The highest BCUT2D eigenvalue weighted by Crippen LogP contribution is 2.16.